The normalized spacial score (nSPS) is 13.6. The minimum absolute atomic E-state index is 0.159. The zero-order chi connectivity index (χ0) is 13.9. The molecule has 2 aromatic rings. The molecule has 1 nitrogen and oxygen atoms in total. The molecular weight excluding hydrogens is 239 g/mol. The minimum atomic E-state index is -0.852. The van der Waals surface area contributed by atoms with E-state index in [1.165, 1.54) is 18.2 Å². The molecule has 2 rings (SSSR count). The van der Waals surface area contributed by atoms with Crippen LogP contribution < -0.4 is 0 Å². The van der Waals surface area contributed by atoms with Crippen molar-refractivity contribution in [1.82, 2.24) is 0 Å². The van der Waals surface area contributed by atoms with Crippen molar-refractivity contribution >= 4 is 5.78 Å². The predicted octanol–water partition coefficient (Wildman–Crippen LogP) is 4.15. The van der Waals surface area contributed by atoms with Gasteiger partial charge < -0.3 is 0 Å². The van der Waals surface area contributed by atoms with Crippen LogP contribution in [0, 0.1) is 5.82 Å². The zero-order valence-electron chi connectivity index (χ0n) is 10.8. The van der Waals surface area contributed by atoms with Gasteiger partial charge in [0.2, 0.25) is 0 Å². The number of benzene rings is 2. The van der Waals surface area contributed by atoms with Gasteiger partial charge in [-0.15, -0.1) is 6.58 Å². The Hall–Kier alpha value is -2.22. The van der Waals surface area contributed by atoms with Gasteiger partial charge in [0.15, 0.2) is 5.78 Å². The second-order valence-electron chi connectivity index (χ2n) is 4.61. The van der Waals surface area contributed by atoms with E-state index >= 15 is 0 Å². The Morgan fingerprint density at radius 1 is 1.16 bits per heavy atom. The van der Waals surface area contributed by atoms with Gasteiger partial charge in [-0.3, -0.25) is 4.79 Å². The van der Waals surface area contributed by atoms with E-state index in [9.17, 15) is 9.18 Å². The van der Waals surface area contributed by atoms with Crippen LogP contribution in [0.2, 0.25) is 0 Å². The fraction of sp³-hybridized carbons (Fsp3) is 0.118. The maximum absolute atomic E-state index is 13.2. The molecule has 0 heterocycles. The van der Waals surface area contributed by atoms with Crippen LogP contribution in [0.1, 0.15) is 22.8 Å². The van der Waals surface area contributed by atoms with Gasteiger partial charge in [-0.2, -0.15) is 0 Å². The SMILES string of the molecule is C=C[C@@](C)(C(=O)c1cccc(F)c1)c1ccccc1. The van der Waals surface area contributed by atoms with Crippen LogP contribution >= 0.6 is 0 Å². The number of Topliss-reactive ketones (excluding diaryl/α,β-unsaturated/α-hetero) is 1. The minimum Gasteiger partial charge on any atom is -0.293 e. The van der Waals surface area contributed by atoms with Crippen molar-refractivity contribution in [1.29, 1.82) is 0 Å². The number of carbonyl (C=O) groups is 1. The molecule has 2 heteroatoms. The molecule has 0 unspecified atom stereocenters. The summed E-state index contributed by atoms with van der Waals surface area (Å²) < 4.78 is 13.2. The number of carbonyl (C=O) groups excluding carboxylic acids is 1. The number of ketones is 1. The number of rotatable bonds is 4. The summed E-state index contributed by atoms with van der Waals surface area (Å²) in [6.45, 7) is 5.56. The van der Waals surface area contributed by atoms with Gasteiger partial charge in [-0.1, -0.05) is 48.5 Å². The third-order valence-corrected chi connectivity index (χ3v) is 3.34. The lowest BCUT2D eigenvalue weighted by molar-refractivity contribution is 0.0927. The van der Waals surface area contributed by atoms with Gasteiger partial charge in [-0.05, 0) is 24.6 Å². The highest BCUT2D eigenvalue weighted by Gasteiger charge is 2.32. The van der Waals surface area contributed by atoms with E-state index in [0.29, 0.717) is 5.56 Å². The third kappa shape index (κ3) is 2.48. The van der Waals surface area contributed by atoms with Crippen molar-refractivity contribution < 1.29 is 9.18 Å². The van der Waals surface area contributed by atoms with Gasteiger partial charge in [0, 0.05) is 5.56 Å². The van der Waals surface area contributed by atoms with E-state index in [-0.39, 0.29) is 5.78 Å². The van der Waals surface area contributed by atoms with Crippen molar-refractivity contribution in [3.8, 4) is 0 Å². The Morgan fingerprint density at radius 3 is 2.42 bits per heavy atom. The molecule has 19 heavy (non-hydrogen) atoms. The first kappa shape index (κ1) is 13.2. The monoisotopic (exact) mass is 254 g/mol. The van der Waals surface area contributed by atoms with Crippen LogP contribution in [0.4, 0.5) is 4.39 Å². The standard InChI is InChI=1S/C17H15FO/c1-3-17(2,14-9-5-4-6-10-14)16(19)13-8-7-11-15(18)12-13/h3-12H,1H2,2H3/t17-/m1/s1. The molecule has 0 saturated carbocycles. The molecule has 0 fully saturated rings. The lowest BCUT2D eigenvalue weighted by Crippen LogP contribution is -2.30. The first-order chi connectivity index (χ1) is 9.08. The fourth-order valence-corrected chi connectivity index (χ4v) is 2.06. The van der Waals surface area contributed by atoms with Gasteiger partial charge >= 0.3 is 0 Å². The summed E-state index contributed by atoms with van der Waals surface area (Å²) in [6.07, 6.45) is 1.61. The highest BCUT2D eigenvalue weighted by atomic mass is 19.1. The third-order valence-electron chi connectivity index (χ3n) is 3.34. The molecule has 96 valence electrons. The molecule has 0 N–H and O–H groups in total. The maximum Gasteiger partial charge on any atom is 0.176 e. The average Bonchev–Trinajstić information content (AvgIpc) is 2.46. The van der Waals surface area contributed by atoms with Crippen molar-refractivity contribution in [2.45, 2.75) is 12.3 Å². The Labute approximate surface area is 112 Å². The number of hydrogen-bond donors (Lipinski definition) is 0. The molecule has 0 saturated heterocycles. The Morgan fingerprint density at radius 2 is 1.84 bits per heavy atom. The zero-order valence-corrected chi connectivity index (χ0v) is 10.8. The second-order valence-corrected chi connectivity index (χ2v) is 4.61. The summed E-state index contributed by atoms with van der Waals surface area (Å²) in [5, 5.41) is 0. The molecule has 0 aliphatic carbocycles. The summed E-state index contributed by atoms with van der Waals surface area (Å²) in [4.78, 5) is 12.6. The van der Waals surface area contributed by atoms with E-state index in [0.717, 1.165) is 5.56 Å². The van der Waals surface area contributed by atoms with Gasteiger partial charge in [0.25, 0.3) is 0 Å². The smallest absolute Gasteiger partial charge is 0.176 e. The largest absolute Gasteiger partial charge is 0.293 e. The lowest BCUT2D eigenvalue weighted by atomic mass is 9.76. The summed E-state index contributed by atoms with van der Waals surface area (Å²) in [7, 11) is 0. The lowest BCUT2D eigenvalue weighted by Gasteiger charge is -2.25. The molecule has 0 aliphatic heterocycles. The van der Waals surface area contributed by atoms with Crippen LogP contribution in [-0.2, 0) is 5.41 Å². The Balaban J connectivity index is 2.48. The summed E-state index contributed by atoms with van der Waals surface area (Å²) in [5.41, 5.74) is 0.347. The first-order valence-corrected chi connectivity index (χ1v) is 6.07. The van der Waals surface area contributed by atoms with E-state index in [4.69, 9.17) is 0 Å². The van der Waals surface area contributed by atoms with E-state index < -0.39 is 11.2 Å². The van der Waals surface area contributed by atoms with E-state index in [1.54, 1.807) is 19.1 Å². The molecule has 0 bridgehead atoms. The first-order valence-electron chi connectivity index (χ1n) is 6.07. The Kier molecular flexibility index (Phi) is 3.61. The number of allylic oxidation sites excluding steroid dienone is 1. The van der Waals surface area contributed by atoms with Crippen LogP contribution in [0.15, 0.2) is 67.3 Å². The summed E-state index contributed by atoms with van der Waals surface area (Å²) in [6, 6.07) is 15.1. The fourth-order valence-electron chi connectivity index (χ4n) is 2.06. The average molecular weight is 254 g/mol. The molecule has 0 amide bonds. The van der Waals surface area contributed by atoms with Crippen molar-refractivity contribution in [2.24, 2.45) is 0 Å². The van der Waals surface area contributed by atoms with Crippen LogP contribution in [-0.4, -0.2) is 5.78 Å². The van der Waals surface area contributed by atoms with Crippen molar-refractivity contribution in [3.05, 3.63) is 84.2 Å². The second kappa shape index (κ2) is 5.19. The highest BCUT2D eigenvalue weighted by molar-refractivity contribution is 6.05. The highest BCUT2D eigenvalue weighted by Crippen LogP contribution is 2.29. The number of hydrogen-bond acceptors (Lipinski definition) is 1. The maximum atomic E-state index is 13.2. The molecule has 2 aromatic carbocycles. The van der Waals surface area contributed by atoms with E-state index in [2.05, 4.69) is 6.58 Å². The number of halogens is 1. The molecular formula is C17H15FO. The predicted molar refractivity (Wildman–Crippen MR) is 74.7 cm³/mol. The van der Waals surface area contributed by atoms with Crippen LogP contribution in [0.3, 0.4) is 0 Å². The van der Waals surface area contributed by atoms with Gasteiger partial charge in [0.1, 0.15) is 5.82 Å². The van der Waals surface area contributed by atoms with E-state index in [1.807, 2.05) is 30.3 Å². The topological polar surface area (TPSA) is 17.1 Å². The summed E-state index contributed by atoms with van der Waals surface area (Å²) >= 11 is 0. The summed E-state index contributed by atoms with van der Waals surface area (Å²) in [5.74, 6) is -0.571. The molecule has 1 atom stereocenters. The molecule has 0 radical (unpaired) electrons. The van der Waals surface area contributed by atoms with Crippen molar-refractivity contribution in [2.75, 3.05) is 0 Å². The van der Waals surface area contributed by atoms with Gasteiger partial charge in [0.05, 0.1) is 5.41 Å². The van der Waals surface area contributed by atoms with Crippen LogP contribution in [0.5, 0.6) is 0 Å². The quantitative estimate of drug-likeness (QED) is 0.591. The molecule has 0 aromatic heterocycles. The molecule has 0 spiro atoms. The Bertz CT molecular complexity index is 604. The van der Waals surface area contributed by atoms with Crippen LogP contribution in [0.25, 0.3) is 0 Å². The van der Waals surface area contributed by atoms with Crippen molar-refractivity contribution in [3.63, 3.8) is 0 Å². The van der Waals surface area contributed by atoms with Gasteiger partial charge in [-0.25, -0.2) is 4.39 Å². The molecule has 0 aliphatic rings.